The molecule has 1 aromatic carbocycles. The molecule has 1 aromatic heterocycles. The summed E-state index contributed by atoms with van der Waals surface area (Å²) in [4.78, 5) is 38.7. The summed E-state index contributed by atoms with van der Waals surface area (Å²) in [5, 5.41) is 8.28. The number of hydrogen-bond donors (Lipinski definition) is 3. The predicted molar refractivity (Wildman–Crippen MR) is 108 cm³/mol. The van der Waals surface area contributed by atoms with Crippen molar-refractivity contribution in [3.8, 4) is 0 Å². The molecule has 2 heterocycles. The van der Waals surface area contributed by atoms with Crippen LogP contribution in [0.4, 0.5) is 16.2 Å². The summed E-state index contributed by atoms with van der Waals surface area (Å²) in [6.45, 7) is 0.137. The van der Waals surface area contributed by atoms with E-state index in [0.29, 0.717) is 29.3 Å². The molecule has 0 saturated carbocycles. The maximum Gasteiger partial charge on any atom is 0.323 e. The smallest absolute Gasteiger partial charge is 0.323 e. The van der Waals surface area contributed by atoms with Gasteiger partial charge < -0.3 is 20.4 Å². The highest BCUT2D eigenvalue weighted by atomic mass is 32.2. The van der Waals surface area contributed by atoms with Gasteiger partial charge in [-0.1, -0.05) is 12.1 Å². The molecule has 0 unspecified atom stereocenters. The van der Waals surface area contributed by atoms with Gasteiger partial charge in [0.25, 0.3) is 0 Å². The molecule has 0 fully saturated rings. The molecule has 148 valence electrons. The molecule has 4 amide bonds. The molecule has 2 aromatic rings. The van der Waals surface area contributed by atoms with Crippen LogP contribution in [0, 0.1) is 0 Å². The maximum absolute atomic E-state index is 12.8. The molecule has 0 aliphatic carbocycles. The first kappa shape index (κ1) is 19.8. The second-order valence-electron chi connectivity index (χ2n) is 6.23. The van der Waals surface area contributed by atoms with Crippen LogP contribution in [0.5, 0.6) is 0 Å². The zero-order chi connectivity index (χ0) is 19.9. The molecule has 0 radical (unpaired) electrons. The predicted octanol–water partition coefficient (Wildman–Crippen LogP) is 2.19. The van der Waals surface area contributed by atoms with Crippen molar-refractivity contribution < 1.29 is 18.8 Å². The van der Waals surface area contributed by atoms with Crippen molar-refractivity contribution in [2.75, 3.05) is 28.8 Å². The van der Waals surface area contributed by atoms with Crippen molar-refractivity contribution in [3.63, 3.8) is 0 Å². The van der Waals surface area contributed by atoms with Crippen LogP contribution >= 0.6 is 11.8 Å². The number of rotatable bonds is 7. The van der Waals surface area contributed by atoms with Crippen molar-refractivity contribution in [2.24, 2.45) is 0 Å². The Morgan fingerprint density at radius 2 is 2.11 bits per heavy atom. The Kier molecular flexibility index (Phi) is 6.59. The minimum Gasteiger partial charge on any atom is -0.467 e. The number of nitrogens with one attached hydrogen (secondary N) is 3. The monoisotopic (exact) mass is 402 g/mol. The lowest BCUT2D eigenvalue weighted by Gasteiger charge is -2.30. The van der Waals surface area contributed by atoms with Crippen molar-refractivity contribution in [1.29, 1.82) is 0 Å². The fraction of sp³-hybridized carbons (Fsp3) is 0.316. The van der Waals surface area contributed by atoms with Crippen molar-refractivity contribution >= 4 is 41.0 Å². The van der Waals surface area contributed by atoms with Gasteiger partial charge in [0.1, 0.15) is 18.3 Å². The third kappa shape index (κ3) is 4.86. The molecule has 0 saturated heterocycles. The number of carbonyl (C=O) groups is 3. The Hall–Kier alpha value is -2.94. The summed E-state index contributed by atoms with van der Waals surface area (Å²) >= 11 is 1.59. The lowest BCUT2D eigenvalue weighted by molar-refractivity contribution is -0.123. The van der Waals surface area contributed by atoms with E-state index in [9.17, 15) is 14.4 Å². The van der Waals surface area contributed by atoms with Crippen LogP contribution in [0.2, 0.25) is 0 Å². The highest BCUT2D eigenvalue weighted by Gasteiger charge is 2.29. The molecule has 9 heteroatoms. The molecule has 1 aliphatic rings. The number of carbonyl (C=O) groups excluding carboxylic acids is 3. The molecule has 0 spiro atoms. The Bertz CT molecular complexity index is 840. The van der Waals surface area contributed by atoms with E-state index < -0.39 is 12.1 Å². The van der Waals surface area contributed by atoms with Crippen LogP contribution < -0.4 is 20.9 Å². The zero-order valence-electron chi connectivity index (χ0n) is 15.4. The van der Waals surface area contributed by atoms with Gasteiger partial charge in [-0.2, -0.15) is 11.8 Å². The lowest BCUT2D eigenvalue weighted by Crippen LogP contribution is -2.54. The number of thioether (sulfide) groups is 1. The van der Waals surface area contributed by atoms with Crippen molar-refractivity contribution in [2.45, 2.75) is 19.0 Å². The van der Waals surface area contributed by atoms with Crippen LogP contribution in [0.1, 0.15) is 12.2 Å². The van der Waals surface area contributed by atoms with Crippen molar-refractivity contribution in [3.05, 3.63) is 48.4 Å². The molecule has 1 aliphatic heterocycles. The normalized spacial score (nSPS) is 14.0. The largest absolute Gasteiger partial charge is 0.467 e. The van der Waals surface area contributed by atoms with E-state index in [4.69, 9.17) is 4.42 Å². The van der Waals surface area contributed by atoms with Gasteiger partial charge in [0.05, 0.1) is 24.2 Å². The second kappa shape index (κ2) is 9.32. The second-order valence-corrected chi connectivity index (χ2v) is 7.22. The SMILES string of the molecule is CSCC[C@@H](NC(=O)N1CC(=O)Nc2ccccc21)C(=O)NCc1ccco1. The summed E-state index contributed by atoms with van der Waals surface area (Å²) in [6.07, 6.45) is 3.94. The van der Waals surface area contributed by atoms with E-state index in [1.165, 1.54) is 11.2 Å². The minimum atomic E-state index is -0.716. The summed E-state index contributed by atoms with van der Waals surface area (Å²) < 4.78 is 5.21. The van der Waals surface area contributed by atoms with Gasteiger partial charge in [0.2, 0.25) is 11.8 Å². The quantitative estimate of drug-likeness (QED) is 0.659. The van der Waals surface area contributed by atoms with E-state index in [1.807, 2.05) is 6.26 Å². The summed E-state index contributed by atoms with van der Waals surface area (Å²) in [5.74, 6) is 0.756. The first-order valence-corrected chi connectivity index (χ1v) is 10.2. The average Bonchev–Trinajstić information content (AvgIpc) is 3.22. The molecule has 0 bridgehead atoms. The fourth-order valence-corrected chi connectivity index (χ4v) is 3.33. The topological polar surface area (TPSA) is 104 Å². The standard InChI is InChI=1S/C19H22N4O4S/c1-28-10-8-15(18(25)20-11-13-5-4-9-27-13)22-19(26)23-12-17(24)21-14-6-2-3-7-16(14)23/h2-7,9,15H,8,10-12H2,1H3,(H,20,25)(H,21,24)(H,22,26)/t15-/m1/s1. The molecule has 1 atom stereocenters. The van der Waals surface area contributed by atoms with Gasteiger partial charge in [0, 0.05) is 0 Å². The summed E-state index contributed by atoms with van der Waals surface area (Å²) in [7, 11) is 0. The number of furan rings is 1. The van der Waals surface area contributed by atoms with Gasteiger partial charge in [-0.15, -0.1) is 0 Å². The molecule has 3 N–H and O–H groups in total. The average molecular weight is 402 g/mol. The Morgan fingerprint density at radius 1 is 1.29 bits per heavy atom. The highest BCUT2D eigenvalue weighted by molar-refractivity contribution is 7.98. The first-order chi connectivity index (χ1) is 13.6. The zero-order valence-corrected chi connectivity index (χ0v) is 16.3. The molecule has 3 rings (SSSR count). The van der Waals surface area contributed by atoms with Gasteiger partial charge >= 0.3 is 6.03 Å². The summed E-state index contributed by atoms with van der Waals surface area (Å²) in [6, 6.07) is 9.36. The number of benzene rings is 1. The van der Waals surface area contributed by atoms with Crippen LogP contribution in [0.15, 0.2) is 47.1 Å². The number of hydrogen-bond acceptors (Lipinski definition) is 5. The number of fused-ring (bicyclic) bond motifs is 1. The number of para-hydroxylation sites is 2. The van der Waals surface area contributed by atoms with Gasteiger partial charge in [-0.25, -0.2) is 4.79 Å². The van der Waals surface area contributed by atoms with Gasteiger partial charge in [-0.3, -0.25) is 14.5 Å². The first-order valence-electron chi connectivity index (χ1n) is 8.84. The van der Waals surface area contributed by atoms with Crippen molar-refractivity contribution in [1.82, 2.24) is 10.6 Å². The van der Waals surface area contributed by atoms with E-state index in [1.54, 1.807) is 48.2 Å². The summed E-state index contributed by atoms with van der Waals surface area (Å²) in [5.41, 5.74) is 1.16. The van der Waals surface area contributed by atoms with Crippen LogP contribution in [-0.2, 0) is 16.1 Å². The molecular weight excluding hydrogens is 380 g/mol. The van der Waals surface area contributed by atoms with E-state index in [2.05, 4.69) is 16.0 Å². The Balaban J connectivity index is 1.68. The Labute approximate surface area is 167 Å². The van der Waals surface area contributed by atoms with Crippen LogP contribution in [-0.4, -0.2) is 42.4 Å². The van der Waals surface area contributed by atoms with E-state index >= 15 is 0 Å². The third-order valence-electron chi connectivity index (χ3n) is 4.26. The lowest BCUT2D eigenvalue weighted by atomic mass is 10.2. The molecular formula is C19H22N4O4S. The highest BCUT2D eigenvalue weighted by Crippen LogP contribution is 2.28. The molecule has 8 nitrogen and oxygen atoms in total. The van der Waals surface area contributed by atoms with Crippen LogP contribution in [0.3, 0.4) is 0 Å². The van der Waals surface area contributed by atoms with Gasteiger partial charge in [0.15, 0.2) is 0 Å². The van der Waals surface area contributed by atoms with Gasteiger partial charge in [-0.05, 0) is 42.7 Å². The minimum absolute atomic E-state index is 0.105. The van der Waals surface area contributed by atoms with Crippen LogP contribution in [0.25, 0.3) is 0 Å². The Morgan fingerprint density at radius 3 is 2.86 bits per heavy atom. The number of amides is 4. The third-order valence-corrected chi connectivity index (χ3v) is 4.90. The maximum atomic E-state index is 12.8. The van der Waals surface area contributed by atoms with E-state index in [0.717, 1.165) is 0 Å². The fourth-order valence-electron chi connectivity index (χ4n) is 2.86. The number of urea groups is 1. The number of anilines is 2. The number of nitrogens with zero attached hydrogens (tertiary/aromatic N) is 1. The molecule has 28 heavy (non-hydrogen) atoms. The van der Waals surface area contributed by atoms with E-state index in [-0.39, 0.29) is 24.9 Å².